The molecule has 0 heterocycles. The minimum atomic E-state index is -0.317. The second-order valence-corrected chi connectivity index (χ2v) is 4.18. The number of halogens is 1. The van der Waals surface area contributed by atoms with Crippen molar-refractivity contribution in [2.24, 2.45) is 11.7 Å². The van der Waals surface area contributed by atoms with Crippen LogP contribution in [0.3, 0.4) is 0 Å². The molecule has 0 saturated carbocycles. The van der Waals surface area contributed by atoms with E-state index in [0.29, 0.717) is 23.8 Å². The summed E-state index contributed by atoms with van der Waals surface area (Å²) in [5, 5.41) is 0. The van der Waals surface area contributed by atoms with Crippen molar-refractivity contribution in [3.8, 4) is 17.6 Å². The van der Waals surface area contributed by atoms with Gasteiger partial charge in [-0.3, -0.25) is 0 Å². The lowest BCUT2D eigenvalue weighted by Gasteiger charge is -2.09. The maximum absolute atomic E-state index is 13.1. The van der Waals surface area contributed by atoms with Crippen LogP contribution in [0.1, 0.15) is 25.8 Å². The van der Waals surface area contributed by atoms with E-state index in [1.54, 1.807) is 6.07 Å². The Kier molecular flexibility index (Phi) is 5.51. The Balaban J connectivity index is 2.76. The fourth-order valence-electron chi connectivity index (χ4n) is 1.28. The van der Waals surface area contributed by atoms with E-state index in [9.17, 15) is 4.39 Å². The number of rotatable bonds is 4. The van der Waals surface area contributed by atoms with E-state index >= 15 is 0 Å². The molecule has 0 amide bonds. The Bertz CT molecular complexity index is 418. The van der Waals surface area contributed by atoms with Gasteiger partial charge < -0.3 is 10.5 Å². The second kappa shape index (κ2) is 6.93. The van der Waals surface area contributed by atoms with E-state index < -0.39 is 0 Å². The Labute approximate surface area is 102 Å². The fourth-order valence-corrected chi connectivity index (χ4v) is 1.28. The van der Waals surface area contributed by atoms with Crippen LogP contribution in [0.25, 0.3) is 0 Å². The molecule has 0 aliphatic carbocycles. The Hall–Kier alpha value is -1.53. The number of hydrogen-bond acceptors (Lipinski definition) is 2. The summed E-state index contributed by atoms with van der Waals surface area (Å²) in [6, 6.07) is 4.35. The molecule has 0 aromatic heterocycles. The first-order valence-corrected chi connectivity index (χ1v) is 5.74. The minimum absolute atomic E-state index is 0.252. The zero-order valence-corrected chi connectivity index (χ0v) is 10.3. The molecule has 3 heteroatoms. The lowest BCUT2D eigenvalue weighted by molar-refractivity contribution is 0.288. The van der Waals surface area contributed by atoms with Crippen molar-refractivity contribution in [1.29, 1.82) is 0 Å². The summed E-state index contributed by atoms with van der Waals surface area (Å²) in [6.07, 6.45) is 0.959. The lowest BCUT2D eigenvalue weighted by atomic mass is 10.1. The van der Waals surface area contributed by atoms with Crippen LogP contribution >= 0.6 is 0 Å². The van der Waals surface area contributed by atoms with Crippen molar-refractivity contribution in [2.45, 2.75) is 20.3 Å². The van der Waals surface area contributed by atoms with Crippen molar-refractivity contribution in [1.82, 2.24) is 0 Å². The van der Waals surface area contributed by atoms with Gasteiger partial charge in [0.25, 0.3) is 0 Å². The first kappa shape index (κ1) is 13.5. The number of ether oxygens (including phenoxy) is 1. The van der Waals surface area contributed by atoms with Crippen LogP contribution in [0.15, 0.2) is 18.2 Å². The van der Waals surface area contributed by atoms with Crippen LogP contribution in [-0.2, 0) is 0 Å². The monoisotopic (exact) mass is 235 g/mol. The molecule has 0 saturated heterocycles. The van der Waals surface area contributed by atoms with Gasteiger partial charge in [-0.05, 0) is 30.5 Å². The van der Waals surface area contributed by atoms with Gasteiger partial charge in [-0.15, -0.1) is 0 Å². The van der Waals surface area contributed by atoms with E-state index in [1.807, 2.05) is 0 Å². The molecule has 17 heavy (non-hydrogen) atoms. The molecular formula is C14H18FNO. The van der Waals surface area contributed by atoms with Gasteiger partial charge in [-0.25, -0.2) is 4.39 Å². The predicted octanol–water partition coefficient (Wildman–Crippen LogP) is 2.56. The van der Waals surface area contributed by atoms with Gasteiger partial charge in [0.05, 0.1) is 18.7 Å². The molecule has 0 bridgehead atoms. The van der Waals surface area contributed by atoms with Gasteiger partial charge in [-0.2, -0.15) is 0 Å². The summed E-state index contributed by atoms with van der Waals surface area (Å²) in [5.41, 5.74) is 5.85. The van der Waals surface area contributed by atoms with Gasteiger partial charge >= 0.3 is 0 Å². The average molecular weight is 235 g/mol. The van der Waals surface area contributed by atoms with Crippen LogP contribution in [0.5, 0.6) is 5.75 Å². The summed E-state index contributed by atoms with van der Waals surface area (Å²) in [5.74, 6) is 6.39. The van der Waals surface area contributed by atoms with Crippen LogP contribution in [-0.4, -0.2) is 13.2 Å². The van der Waals surface area contributed by atoms with Gasteiger partial charge in [0, 0.05) is 0 Å². The van der Waals surface area contributed by atoms with Gasteiger partial charge in [0.15, 0.2) is 0 Å². The molecule has 2 nitrogen and oxygen atoms in total. The van der Waals surface area contributed by atoms with E-state index in [0.717, 1.165) is 6.42 Å². The van der Waals surface area contributed by atoms with Crippen LogP contribution in [0.2, 0.25) is 0 Å². The molecule has 0 spiro atoms. The van der Waals surface area contributed by atoms with Crippen molar-refractivity contribution in [3.63, 3.8) is 0 Å². The molecule has 2 N–H and O–H groups in total. The van der Waals surface area contributed by atoms with Gasteiger partial charge in [-0.1, -0.05) is 25.7 Å². The minimum Gasteiger partial charge on any atom is -0.492 e. The highest BCUT2D eigenvalue weighted by atomic mass is 19.1. The maximum Gasteiger partial charge on any atom is 0.135 e. The SMILES string of the molecule is CC(C)CCOc1ccc(F)cc1C#CCN. The third-order valence-electron chi connectivity index (χ3n) is 2.22. The zero-order valence-electron chi connectivity index (χ0n) is 10.3. The topological polar surface area (TPSA) is 35.2 Å². The van der Waals surface area contributed by atoms with Crippen molar-refractivity contribution < 1.29 is 9.13 Å². The van der Waals surface area contributed by atoms with Crippen LogP contribution in [0.4, 0.5) is 4.39 Å². The fraction of sp³-hybridized carbons (Fsp3) is 0.429. The molecule has 1 aromatic rings. The Morgan fingerprint density at radius 2 is 2.18 bits per heavy atom. The number of benzene rings is 1. The molecular weight excluding hydrogens is 217 g/mol. The summed E-state index contributed by atoms with van der Waals surface area (Å²) < 4.78 is 18.7. The normalized spacial score (nSPS) is 9.94. The number of hydrogen-bond donors (Lipinski definition) is 1. The maximum atomic E-state index is 13.1. The lowest BCUT2D eigenvalue weighted by Crippen LogP contribution is -2.03. The summed E-state index contributed by atoms with van der Waals surface area (Å²) in [4.78, 5) is 0. The first-order chi connectivity index (χ1) is 8.13. The van der Waals surface area contributed by atoms with Crippen molar-refractivity contribution in [3.05, 3.63) is 29.6 Å². The molecule has 0 unspecified atom stereocenters. The summed E-state index contributed by atoms with van der Waals surface area (Å²) in [6.45, 7) is 5.12. The van der Waals surface area contributed by atoms with E-state index in [2.05, 4.69) is 25.7 Å². The van der Waals surface area contributed by atoms with E-state index in [-0.39, 0.29) is 12.4 Å². The summed E-state index contributed by atoms with van der Waals surface area (Å²) >= 11 is 0. The molecule has 0 radical (unpaired) electrons. The van der Waals surface area contributed by atoms with E-state index in [4.69, 9.17) is 10.5 Å². The highest BCUT2D eigenvalue weighted by Crippen LogP contribution is 2.19. The molecule has 92 valence electrons. The smallest absolute Gasteiger partial charge is 0.135 e. The van der Waals surface area contributed by atoms with Crippen LogP contribution in [0, 0.1) is 23.6 Å². The standard InChI is InChI=1S/C14H18FNO/c1-11(2)7-9-17-14-6-5-13(15)10-12(14)4-3-8-16/h5-6,10-11H,7-9,16H2,1-2H3. The Morgan fingerprint density at radius 3 is 2.82 bits per heavy atom. The molecule has 0 atom stereocenters. The largest absolute Gasteiger partial charge is 0.492 e. The molecule has 0 aliphatic heterocycles. The zero-order chi connectivity index (χ0) is 12.7. The number of nitrogens with two attached hydrogens (primary N) is 1. The third kappa shape index (κ3) is 4.88. The average Bonchev–Trinajstić information content (AvgIpc) is 2.28. The molecule has 0 fully saturated rings. The van der Waals surface area contributed by atoms with Crippen molar-refractivity contribution in [2.75, 3.05) is 13.2 Å². The second-order valence-electron chi connectivity index (χ2n) is 4.18. The Morgan fingerprint density at radius 1 is 1.41 bits per heavy atom. The van der Waals surface area contributed by atoms with Crippen LogP contribution < -0.4 is 10.5 Å². The molecule has 0 aliphatic rings. The first-order valence-electron chi connectivity index (χ1n) is 5.74. The van der Waals surface area contributed by atoms with Crippen molar-refractivity contribution >= 4 is 0 Å². The predicted molar refractivity (Wildman–Crippen MR) is 67.3 cm³/mol. The highest BCUT2D eigenvalue weighted by Gasteiger charge is 2.03. The van der Waals surface area contributed by atoms with E-state index in [1.165, 1.54) is 12.1 Å². The third-order valence-corrected chi connectivity index (χ3v) is 2.22. The molecule has 1 aromatic carbocycles. The molecule has 1 rings (SSSR count). The van der Waals surface area contributed by atoms with Gasteiger partial charge in [0.1, 0.15) is 11.6 Å². The summed E-state index contributed by atoms with van der Waals surface area (Å²) in [7, 11) is 0. The van der Waals surface area contributed by atoms with Gasteiger partial charge in [0.2, 0.25) is 0 Å². The highest BCUT2D eigenvalue weighted by molar-refractivity contribution is 5.46. The quantitative estimate of drug-likeness (QED) is 0.814.